The molecule has 0 saturated heterocycles. The van der Waals surface area contributed by atoms with E-state index in [1.54, 1.807) is 13.8 Å². The maximum Gasteiger partial charge on any atom is 0.416 e. The van der Waals surface area contributed by atoms with Crippen molar-refractivity contribution in [1.82, 2.24) is 4.98 Å². The second kappa shape index (κ2) is 7.21. The fourth-order valence-electron chi connectivity index (χ4n) is 2.09. The molecule has 0 unspecified atom stereocenters. The third-order valence-corrected chi connectivity index (χ3v) is 3.28. The summed E-state index contributed by atoms with van der Waals surface area (Å²) < 4.78 is 43.4. The molecular weight excluding hydrogens is 335 g/mol. The molecule has 2 rings (SSSR count). The van der Waals surface area contributed by atoms with Crippen LogP contribution < -0.4 is 5.32 Å². The zero-order valence-corrected chi connectivity index (χ0v) is 13.4. The van der Waals surface area contributed by atoms with Gasteiger partial charge in [0.1, 0.15) is 17.5 Å². The number of aryl methyl sites for hydroxylation is 1. The Morgan fingerprint density at radius 3 is 2.68 bits per heavy atom. The van der Waals surface area contributed by atoms with Gasteiger partial charge < -0.3 is 10.1 Å². The van der Waals surface area contributed by atoms with E-state index in [0.29, 0.717) is 5.69 Å². The molecule has 1 N–H and O–H groups in total. The first-order valence-electron chi connectivity index (χ1n) is 7.29. The number of anilines is 2. The number of nitriles is 1. The van der Waals surface area contributed by atoms with Gasteiger partial charge in [0.25, 0.3) is 0 Å². The largest absolute Gasteiger partial charge is 0.462 e. The Morgan fingerprint density at radius 2 is 2.08 bits per heavy atom. The van der Waals surface area contributed by atoms with Gasteiger partial charge >= 0.3 is 12.1 Å². The van der Waals surface area contributed by atoms with Crippen molar-refractivity contribution in [2.45, 2.75) is 20.0 Å². The molecular formula is C17H14F3N3O2. The van der Waals surface area contributed by atoms with E-state index in [-0.39, 0.29) is 29.2 Å². The van der Waals surface area contributed by atoms with Gasteiger partial charge in [0.05, 0.1) is 23.4 Å². The van der Waals surface area contributed by atoms with E-state index in [9.17, 15) is 18.0 Å². The molecule has 8 heteroatoms. The minimum atomic E-state index is -4.49. The standard InChI is InChI=1S/C17H14F3N3O2/c1-3-25-16(24)14-7-11(9-21)10(2)22-15(14)23-13-6-4-5-12(8-13)17(18,19)20/h4-8H,3H2,1-2H3,(H,22,23). The lowest BCUT2D eigenvalue weighted by Crippen LogP contribution is -2.11. The number of pyridine rings is 1. The molecule has 1 aromatic heterocycles. The highest BCUT2D eigenvalue weighted by atomic mass is 19.4. The normalized spacial score (nSPS) is 10.9. The Morgan fingerprint density at radius 1 is 1.36 bits per heavy atom. The number of nitrogens with zero attached hydrogens (tertiary/aromatic N) is 2. The average molecular weight is 349 g/mol. The number of carbonyl (C=O) groups excluding carboxylic acids is 1. The molecule has 0 spiro atoms. The number of alkyl halides is 3. The summed E-state index contributed by atoms with van der Waals surface area (Å²) in [5.41, 5.74) is -0.235. The van der Waals surface area contributed by atoms with E-state index in [1.807, 2.05) is 6.07 Å². The maximum atomic E-state index is 12.8. The third kappa shape index (κ3) is 4.26. The highest BCUT2D eigenvalue weighted by Crippen LogP contribution is 2.32. The van der Waals surface area contributed by atoms with Gasteiger partial charge in [-0.25, -0.2) is 9.78 Å². The first kappa shape index (κ1) is 18.3. The SMILES string of the molecule is CCOC(=O)c1cc(C#N)c(C)nc1Nc1cccc(C(F)(F)F)c1. The van der Waals surface area contributed by atoms with E-state index in [0.717, 1.165) is 12.1 Å². The Balaban J connectivity index is 2.47. The Labute approximate surface area is 142 Å². The summed E-state index contributed by atoms with van der Waals surface area (Å²) in [7, 11) is 0. The maximum absolute atomic E-state index is 12.8. The first-order valence-corrected chi connectivity index (χ1v) is 7.29. The number of esters is 1. The number of halogens is 3. The number of aromatic nitrogens is 1. The number of ether oxygens (including phenoxy) is 1. The van der Waals surface area contributed by atoms with Gasteiger partial charge in [-0.05, 0) is 38.1 Å². The molecule has 2 aromatic rings. The summed E-state index contributed by atoms with van der Waals surface area (Å²) in [5.74, 6) is -0.699. The molecule has 0 bridgehead atoms. The summed E-state index contributed by atoms with van der Waals surface area (Å²) in [6, 6.07) is 7.71. The van der Waals surface area contributed by atoms with Crippen molar-refractivity contribution in [2.24, 2.45) is 0 Å². The van der Waals surface area contributed by atoms with Crippen molar-refractivity contribution in [2.75, 3.05) is 11.9 Å². The highest BCUT2D eigenvalue weighted by molar-refractivity contribution is 5.96. The molecule has 1 aromatic carbocycles. The Kier molecular flexibility index (Phi) is 5.27. The van der Waals surface area contributed by atoms with Crippen LogP contribution in [0, 0.1) is 18.3 Å². The molecule has 130 valence electrons. The van der Waals surface area contributed by atoms with Gasteiger partial charge in [-0.2, -0.15) is 18.4 Å². The quantitative estimate of drug-likeness (QED) is 0.837. The Bertz CT molecular complexity index is 842. The van der Waals surface area contributed by atoms with Crippen LogP contribution in [0.15, 0.2) is 30.3 Å². The monoisotopic (exact) mass is 349 g/mol. The van der Waals surface area contributed by atoms with Crippen LogP contribution in [0.25, 0.3) is 0 Å². The number of carbonyl (C=O) groups is 1. The second-order valence-corrected chi connectivity index (χ2v) is 5.05. The summed E-state index contributed by atoms with van der Waals surface area (Å²) in [4.78, 5) is 16.2. The third-order valence-electron chi connectivity index (χ3n) is 3.28. The van der Waals surface area contributed by atoms with Crippen LogP contribution >= 0.6 is 0 Å². The topological polar surface area (TPSA) is 75.0 Å². The van der Waals surface area contributed by atoms with Crippen LogP contribution in [0.3, 0.4) is 0 Å². The minimum absolute atomic E-state index is 0.0225. The van der Waals surface area contributed by atoms with E-state index in [2.05, 4.69) is 10.3 Å². The molecule has 0 amide bonds. The molecule has 0 aliphatic carbocycles. The fourth-order valence-corrected chi connectivity index (χ4v) is 2.09. The fraction of sp³-hybridized carbons (Fsp3) is 0.235. The molecule has 0 atom stereocenters. The minimum Gasteiger partial charge on any atom is -0.462 e. The molecule has 5 nitrogen and oxygen atoms in total. The molecule has 25 heavy (non-hydrogen) atoms. The summed E-state index contributed by atoms with van der Waals surface area (Å²) in [5, 5.41) is 11.8. The van der Waals surface area contributed by atoms with Gasteiger partial charge in [-0.1, -0.05) is 6.07 Å². The number of hydrogen-bond acceptors (Lipinski definition) is 5. The van der Waals surface area contributed by atoms with Crippen LogP contribution in [0.1, 0.15) is 34.1 Å². The highest BCUT2D eigenvalue weighted by Gasteiger charge is 2.30. The zero-order chi connectivity index (χ0) is 18.6. The predicted octanol–water partition coefficient (Wildman–Crippen LogP) is 4.20. The molecule has 0 fully saturated rings. The van der Waals surface area contributed by atoms with Crippen molar-refractivity contribution in [3.8, 4) is 6.07 Å². The molecule has 0 aliphatic rings. The van der Waals surface area contributed by atoms with Gasteiger partial charge in [-0.15, -0.1) is 0 Å². The number of rotatable bonds is 4. The van der Waals surface area contributed by atoms with E-state index < -0.39 is 17.7 Å². The van der Waals surface area contributed by atoms with Crippen molar-refractivity contribution >= 4 is 17.5 Å². The van der Waals surface area contributed by atoms with Crippen LogP contribution in [-0.4, -0.2) is 17.6 Å². The van der Waals surface area contributed by atoms with Gasteiger partial charge in [0.2, 0.25) is 0 Å². The predicted molar refractivity (Wildman–Crippen MR) is 84.4 cm³/mol. The molecule has 0 aliphatic heterocycles. The van der Waals surface area contributed by atoms with Crippen molar-refractivity contribution < 1.29 is 22.7 Å². The average Bonchev–Trinajstić information content (AvgIpc) is 2.54. The van der Waals surface area contributed by atoms with Crippen molar-refractivity contribution in [1.29, 1.82) is 5.26 Å². The van der Waals surface area contributed by atoms with Crippen molar-refractivity contribution in [3.63, 3.8) is 0 Å². The van der Waals surface area contributed by atoms with Gasteiger partial charge in [0.15, 0.2) is 0 Å². The number of nitrogens with one attached hydrogen (secondary N) is 1. The van der Waals surface area contributed by atoms with Crippen LogP contribution in [0.5, 0.6) is 0 Å². The van der Waals surface area contributed by atoms with Gasteiger partial charge in [0, 0.05) is 5.69 Å². The Hall–Kier alpha value is -3.08. The van der Waals surface area contributed by atoms with Gasteiger partial charge in [-0.3, -0.25) is 0 Å². The summed E-state index contributed by atoms with van der Waals surface area (Å²) in [6.45, 7) is 3.28. The summed E-state index contributed by atoms with van der Waals surface area (Å²) >= 11 is 0. The first-order chi connectivity index (χ1) is 11.8. The molecule has 1 heterocycles. The van der Waals surface area contributed by atoms with E-state index in [1.165, 1.54) is 18.2 Å². The lowest BCUT2D eigenvalue weighted by Gasteiger charge is -2.14. The van der Waals surface area contributed by atoms with Crippen LogP contribution in [0.4, 0.5) is 24.7 Å². The zero-order valence-electron chi connectivity index (χ0n) is 13.4. The van der Waals surface area contributed by atoms with Crippen LogP contribution in [-0.2, 0) is 10.9 Å². The molecule has 0 radical (unpaired) electrons. The lowest BCUT2D eigenvalue weighted by atomic mass is 10.1. The lowest BCUT2D eigenvalue weighted by molar-refractivity contribution is -0.137. The van der Waals surface area contributed by atoms with Crippen LogP contribution in [0.2, 0.25) is 0 Å². The smallest absolute Gasteiger partial charge is 0.416 e. The van der Waals surface area contributed by atoms with Crippen molar-refractivity contribution in [3.05, 3.63) is 52.7 Å². The number of benzene rings is 1. The number of hydrogen-bond donors (Lipinski definition) is 1. The summed E-state index contributed by atoms with van der Waals surface area (Å²) in [6.07, 6.45) is -4.49. The van der Waals surface area contributed by atoms with E-state index in [4.69, 9.17) is 10.00 Å². The molecule has 0 saturated carbocycles. The second-order valence-electron chi connectivity index (χ2n) is 5.05. The van der Waals surface area contributed by atoms with E-state index >= 15 is 0 Å².